The van der Waals surface area contributed by atoms with Gasteiger partial charge in [0.25, 0.3) is 0 Å². The maximum absolute atomic E-state index is 7.51. The van der Waals surface area contributed by atoms with Crippen LogP contribution < -0.4 is 0 Å². The first-order valence-electron chi connectivity index (χ1n) is 8.26. The lowest BCUT2D eigenvalue weighted by molar-refractivity contribution is 0.555. The third kappa shape index (κ3) is 4.30. The average molecular weight is 204 g/mol. The molecular weight excluding hydrogens is 168 g/mol. The van der Waals surface area contributed by atoms with E-state index in [9.17, 15) is 0 Å². The summed E-state index contributed by atoms with van der Waals surface area (Å²) in [5.41, 5.74) is 0. The van der Waals surface area contributed by atoms with Crippen LogP contribution in [0.15, 0.2) is 12.1 Å². The lowest BCUT2D eigenvalue weighted by Gasteiger charge is -1.97. The summed E-state index contributed by atoms with van der Waals surface area (Å²) in [6, 6.07) is 1.09. The lowest BCUT2D eigenvalue weighted by atomic mass is 10.1. The van der Waals surface area contributed by atoms with Crippen molar-refractivity contribution in [2.75, 3.05) is 0 Å². The maximum Gasteiger partial charge on any atom is 0.0575 e. The van der Waals surface area contributed by atoms with Gasteiger partial charge in [0.15, 0.2) is 0 Å². The van der Waals surface area contributed by atoms with Gasteiger partial charge < -0.3 is 0 Å². The van der Waals surface area contributed by atoms with Crippen molar-refractivity contribution in [1.29, 1.82) is 0 Å². The van der Waals surface area contributed by atoms with Crippen LogP contribution in [0.1, 0.15) is 60.2 Å². The first-order chi connectivity index (χ1) is 8.59. The zero-order chi connectivity index (χ0) is 15.0. The van der Waals surface area contributed by atoms with E-state index >= 15 is 0 Å². The monoisotopic (exact) mass is 204 g/mol. The molecule has 0 aromatic heterocycles. The van der Waals surface area contributed by atoms with E-state index in [4.69, 9.17) is 6.85 Å². The zero-order valence-electron chi connectivity index (χ0n) is 14.8. The van der Waals surface area contributed by atoms with Crippen molar-refractivity contribution in [2.24, 2.45) is 23.7 Å². The second-order valence-electron chi connectivity index (χ2n) is 4.77. The van der Waals surface area contributed by atoms with Gasteiger partial charge in [0.1, 0.15) is 0 Å². The highest BCUT2D eigenvalue weighted by molar-refractivity contribution is 4.98. The first kappa shape index (κ1) is 6.35. The molecule has 5 unspecified atom stereocenters. The first-order valence-corrected chi connectivity index (χ1v) is 5.68. The molecular formula is C14H26. The smallest absolute Gasteiger partial charge is 0.0575 e. The van der Waals surface area contributed by atoms with Crippen molar-refractivity contribution in [1.82, 2.24) is 0 Å². The van der Waals surface area contributed by atoms with Crippen LogP contribution in [0.3, 0.4) is 0 Å². The van der Waals surface area contributed by atoms with E-state index in [1.807, 2.05) is 27.7 Å². The number of hydrogen-bond acceptors (Lipinski definition) is 0. The summed E-state index contributed by atoms with van der Waals surface area (Å²) in [5.74, 6) is 0.940. The molecule has 0 aromatic rings. The van der Waals surface area contributed by atoms with Crippen molar-refractivity contribution < 1.29 is 6.85 Å². The van der Waals surface area contributed by atoms with E-state index in [1.165, 1.54) is 0 Å². The molecule has 14 heavy (non-hydrogen) atoms. The molecule has 0 heteroatoms. The van der Waals surface area contributed by atoms with Gasteiger partial charge in [0.05, 0.1) is 2.74 Å². The van der Waals surface area contributed by atoms with Gasteiger partial charge in [-0.1, -0.05) is 52.6 Å². The Labute approximate surface area is 96.8 Å². The molecule has 0 heterocycles. The Morgan fingerprint density at radius 2 is 1.57 bits per heavy atom. The van der Waals surface area contributed by atoms with Gasteiger partial charge in [0.2, 0.25) is 0 Å². The van der Waals surface area contributed by atoms with Gasteiger partial charge in [-0.2, -0.15) is 0 Å². The van der Waals surface area contributed by atoms with Gasteiger partial charge in [-0.25, -0.2) is 0 Å². The Morgan fingerprint density at radius 1 is 1.00 bits per heavy atom. The second kappa shape index (κ2) is 5.58. The third-order valence-corrected chi connectivity index (χ3v) is 2.67. The highest BCUT2D eigenvalue weighted by Gasteiger charge is 2.15. The lowest BCUT2D eigenvalue weighted by Crippen LogP contribution is -1.86. The summed E-state index contributed by atoms with van der Waals surface area (Å²) < 4.78 is 37.2. The van der Waals surface area contributed by atoms with Gasteiger partial charge >= 0.3 is 0 Å². The van der Waals surface area contributed by atoms with Gasteiger partial charge in [0, 0.05) is 4.11 Å². The zero-order valence-corrected chi connectivity index (χ0v) is 9.80. The molecule has 1 fully saturated rings. The van der Waals surface area contributed by atoms with Gasteiger partial charge in [-0.05, 0) is 36.5 Å². The number of hydrogen-bond donors (Lipinski definition) is 0. The van der Waals surface area contributed by atoms with Gasteiger partial charge in [-0.15, -0.1) is 0 Å². The van der Waals surface area contributed by atoms with Crippen LogP contribution in [0.2, 0.25) is 0 Å². The molecule has 5 atom stereocenters. The van der Waals surface area contributed by atoms with Crippen LogP contribution in [-0.4, -0.2) is 0 Å². The van der Waals surface area contributed by atoms with Crippen LogP contribution in [0.4, 0.5) is 0 Å². The molecule has 2 aliphatic carbocycles. The SMILES string of the molecule is [3H]C1=C([3H])C(C)CC1C.[3H]C1C(C)CC(C)C1([3H])[3H]. The van der Waals surface area contributed by atoms with Crippen LogP contribution in [0.25, 0.3) is 0 Å². The number of allylic oxidation sites excluding steroid dienone is 2. The van der Waals surface area contributed by atoms with Crippen molar-refractivity contribution >= 4 is 0 Å². The fraction of sp³-hybridized carbons (Fsp3) is 0.857. The van der Waals surface area contributed by atoms with Gasteiger partial charge in [-0.3, -0.25) is 0 Å². The van der Waals surface area contributed by atoms with E-state index in [0.717, 1.165) is 12.8 Å². The largest absolute Gasteiger partial charge is 0.0854 e. The molecule has 0 amide bonds. The fourth-order valence-corrected chi connectivity index (χ4v) is 1.95. The van der Waals surface area contributed by atoms with E-state index in [2.05, 4.69) is 0 Å². The minimum absolute atomic E-state index is 0.0602. The molecule has 0 nitrogen and oxygen atoms in total. The summed E-state index contributed by atoms with van der Waals surface area (Å²) in [6.07, 6.45) is 0.0978. The highest BCUT2D eigenvalue weighted by atomic mass is 14.2. The van der Waals surface area contributed by atoms with Crippen LogP contribution >= 0.6 is 0 Å². The topological polar surface area (TPSA) is 0 Å². The van der Waals surface area contributed by atoms with E-state index < -0.39 is 12.8 Å². The van der Waals surface area contributed by atoms with E-state index in [0.29, 0.717) is 23.9 Å². The molecule has 82 valence electrons. The van der Waals surface area contributed by atoms with E-state index in [-0.39, 0.29) is 11.8 Å². The standard InChI is InChI=1S/C7H14.C7H12/c2*1-6-3-4-7(2)5-6/h6-7H,3-5H2,1-2H3;3-4,6-7H,5H2,1-2H3/i3T,4T2;3T,4T. The normalized spacial score (nSPS) is 56.3. The minimum atomic E-state index is -1.25. The summed E-state index contributed by atoms with van der Waals surface area (Å²) in [5, 5.41) is 0. The predicted molar refractivity (Wildman–Crippen MR) is 64.3 cm³/mol. The van der Waals surface area contributed by atoms with E-state index in [1.54, 1.807) is 0 Å². The van der Waals surface area contributed by atoms with Crippen LogP contribution in [-0.2, 0) is 0 Å². The quantitative estimate of drug-likeness (QED) is 0.503. The second-order valence-corrected chi connectivity index (χ2v) is 4.77. The fourth-order valence-electron chi connectivity index (χ4n) is 1.95. The molecule has 0 aliphatic heterocycles. The number of rotatable bonds is 0. The van der Waals surface area contributed by atoms with Crippen molar-refractivity contribution in [3.8, 4) is 0 Å². The molecule has 1 saturated carbocycles. The Morgan fingerprint density at radius 3 is 1.71 bits per heavy atom. The Hall–Kier alpha value is -0.260. The highest BCUT2D eigenvalue weighted by Crippen LogP contribution is 2.29. The van der Waals surface area contributed by atoms with Crippen molar-refractivity contribution in [3.05, 3.63) is 12.1 Å². The molecule has 2 aliphatic rings. The minimum Gasteiger partial charge on any atom is -0.0854 e. The molecule has 0 radical (unpaired) electrons. The van der Waals surface area contributed by atoms with Crippen LogP contribution in [0.5, 0.6) is 0 Å². The molecule has 0 saturated heterocycles. The molecule has 0 aromatic carbocycles. The average Bonchev–Trinajstić information content (AvgIpc) is 2.64. The predicted octanol–water partition coefficient (Wildman–Crippen LogP) is 4.66. The summed E-state index contributed by atoms with van der Waals surface area (Å²) in [6.45, 7) is 7.88. The summed E-state index contributed by atoms with van der Waals surface area (Å²) in [7, 11) is 0. The summed E-state index contributed by atoms with van der Waals surface area (Å²) >= 11 is 0. The molecule has 0 spiro atoms. The Kier molecular flexibility index (Phi) is 2.53. The Balaban J connectivity index is 0.000000191. The van der Waals surface area contributed by atoms with Crippen molar-refractivity contribution in [2.45, 2.75) is 53.3 Å². The maximum atomic E-state index is 7.51. The Bertz CT molecular complexity index is 334. The van der Waals surface area contributed by atoms with Crippen molar-refractivity contribution in [3.63, 3.8) is 0 Å². The van der Waals surface area contributed by atoms with Crippen LogP contribution in [0, 0.1) is 23.7 Å². The molecule has 0 N–H and O–H groups in total. The summed E-state index contributed by atoms with van der Waals surface area (Å²) in [4.78, 5) is 0. The molecule has 0 bridgehead atoms. The third-order valence-electron chi connectivity index (χ3n) is 2.67. The molecule has 2 rings (SSSR count).